The van der Waals surface area contributed by atoms with Crippen LogP contribution < -0.4 is 4.84 Å². The average Bonchev–Trinajstić information content (AvgIpc) is 2.92. The van der Waals surface area contributed by atoms with Crippen molar-refractivity contribution in [2.24, 2.45) is 0 Å². The van der Waals surface area contributed by atoms with Crippen LogP contribution in [0.25, 0.3) is 5.70 Å². The van der Waals surface area contributed by atoms with E-state index < -0.39 is 22.2 Å². The highest BCUT2D eigenvalue weighted by Gasteiger charge is 2.49. The molecule has 0 fully saturated rings. The van der Waals surface area contributed by atoms with E-state index in [1.54, 1.807) is 18.3 Å². The number of nitrogens with zero attached hydrogens (tertiary/aromatic N) is 2. The average molecular weight is 378 g/mol. The molecule has 3 rings (SSSR count). The number of halogens is 3. The van der Waals surface area contributed by atoms with Crippen LogP contribution in [0.2, 0.25) is 0 Å². The Hall–Kier alpha value is -1.17. The Morgan fingerprint density at radius 3 is 2.91 bits per heavy atom. The standard InChI is InChI=1S/C15H15Cl3N2O3/c1-3-7(2)22-15(21)9-10(16)11(17)14(18)20-13(9)12-8(23-20)5-4-6-19-12/h4-7,10-11,14H,3H2,1-2H3/t7-,10-,11-,14-/m0/s1. The first-order chi connectivity index (χ1) is 11.0. The summed E-state index contributed by atoms with van der Waals surface area (Å²) in [6.07, 6.45) is 2.06. The van der Waals surface area contributed by atoms with Crippen molar-refractivity contribution in [1.29, 1.82) is 0 Å². The van der Waals surface area contributed by atoms with Crippen LogP contribution in [0, 0.1) is 0 Å². The Kier molecular flexibility index (Phi) is 4.63. The topological polar surface area (TPSA) is 51.7 Å². The zero-order valence-electron chi connectivity index (χ0n) is 12.5. The molecule has 5 nitrogen and oxygen atoms in total. The number of hydrogen-bond donors (Lipinski definition) is 0. The molecule has 23 heavy (non-hydrogen) atoms. The van der Waals surface area contributed by atoms with Gasteiger partial charge in [0.25, 0.3) is 0 Å². The van der Waals surface area contributed by atoms with Crippen molar-refractivity contribution in [2.75, 3.05) is 0 Å². The van der Waals surface area contributed by atoms with Crippen molar-refractivity contribution in [1.82, 2.24) is 10.0 Å². The van der Waals surface area contributed by atoms with Crippen LogP contribution in [0.5, 0.6) is 5.75 Å². The van der Waals surface area contributed by atoms with Crippen LogP contribution in [-0.2, 0) is 9.53 Å². The smallest absolute Gasteiger partial charge is 0.338 e. The maximum absolute atomic E-state index is 12.6. The van der Waals surface area contributed by atoms with Gasteiger partial charge in [0.15, 0.2) is 11.3 Å². The lowest BCUT2D eigenvalue weighted by Gasteiger charge is -2.35. The Bertz CT molecular complexity index is 667. The fraction of sp³-hybridized carbons (Fsp3) is 0.467. The van der Waals surface area contributed by atoms with Crippen LogP contribution in [0.4, 0.5) is 0 Å². The Morgan fingerprint density at radius 1 is 1.48 bits per heavy atom. The van der Waals surface area contributed by atoms with Crippen LogP contribution >= 0.6 is 34.8 Å². The van der Waals surface area contributed by atoms with E-state index >= 15 is 0 Å². The van der Waals surface area contributed by atoms with Gasteiger partial charge in [-0.1, -0.05) is 18.5 Å². The van der Waals surface area contributed by atoms with Crippen LogP contribution in [0.3, 0.4) is 0 Å². The van der Waals surface area contributed by atoms with Crippen molar-refractivity contribution in [3.8, 4) is 5.75 Å². The lowest BCUT2D eigenvalue weighted by molar-refractivity contribution is -0.144. The molecule has 0 amide bonds. The van der Waals surface area contributed by atoms with Gasteiger partial charge >= 0.3 is 5.97 Å². The molecule has 0 saturated heterocycles. The van der Waals surface area contributed by atoms with E-state index in [4.69, 9.17) is 44.4 Å². The molecular weight excluding hydrogens is 363 g/mol. The van der Waals surface area contributed by atoms with E-state index in [0.29, 0.717) is 23.6 Å². The van der Waals surface area contributed by atoms with Crippen LogP contribution in [-0.4, -0.2) is 38.4 Å². The van der Waals surface area contributed by atoms with E-state index in [9.17, 15) is 4.79 Å². The second kappa shape index (κ2) is 6.38. The number of aromatic nitrogens is 1. The monoisotopic (exact) mass is 376 g/mol. The first-order valence-electron chi connectivity index (χ1n) is 7.25. The predicted octanol–water partition coefficient (Wildman–Crippen LogP) is 3.54. The third kappa shape index (κ3) is 2.75. The highest BCUT2D eigenvalue weighted by atomic mass is 35.5. The van der Waals surface area contributed by atoms with E-state index in [-0.39, 0.29) is 11.7 Å². The van der Waals surface area contributed by atoms with Crippen molar-refractivity contribution < 1.29 is 14.4 Å². The lowest BCUT2D eigenvalue weighted by atomic mass is 10.0. The summed E-state index contributed by atoms with van der Waals surface area (Å²) in [5, 5.41) is -0.155. The third-order valence-corrected chi connectivity index (χ3v) is 5.50. The summed E-state index contributed by atoms with van der Waals surface area (Å²) in [4.78, 5) is 22.6. The van der Waals surface area contributed by atoms with Gasteiger partial charge in [0.2, 0.25) is 0 Å². The minimum Gasteiger partial charge on any atom is -0.459 e. The van der Waals surface area contributed by atoms with E-state index in [1.165, 1.54) is 5.06 Å². The van der Waals surface area contributed by atoms with Crippen molar-refractivity contribution in [2.45, 2.75) is 42.6 Å². The Balaban J connectivity index is 2.11. The second-order valence-corrected chi connectivity index (χ2v) is 6.79. The summed E-state index contributed by atoms with van der Waals surface area (Å²) >= 11 is 19.0. The van der Waals surface area contributed by atoms with Crippen LogP contribution in [0.15, 0.2) is 23.9 Å². The largest absolute Gasteiger partial charge is 0.459 e. The molecule has 0 radical (unpaired) electrons. The van der Waals surface area contributed by atoms with E-state index in [1.807, 2.05) is 13.8 Å². The van der Waals surface area contributed by atoms with Gasteiger partial charge in [-0.15, -0.1) is 23.2 Å². The number of esters is 1. The number of hydroxylamine groups is 2. The number of pyridine rings is 1. The summed E-state index contributed by atoms with van der Waals surface area (Å²) in [6.45, 7) is 3.74. The molecular formula is C15H15Cl3N2O3. The number of fused-ring (bicyclic) bond motifs is 3. The molecule has 4 atom stereocenters. The van der Waals surface area contributed by atoms with Gasteiger partial charge in [0, 0.05) is 6.20 Å². The number of ether oxygens (including phenoxy) is 1. The third-order valence-electron chi connectivity index (χ3n) is 3.81. The predicted molar refractivity (Wildman–Crippen MR) is 88.4 cm³/mol. The molecule has 0 N–H and O–H groups in total. The first-order valence-corrected chi connectivity index (χ1v) is 8.56. The fourth-order valence-corrected chi connectivity index (χ4v) is 3.33. The zero-order valence-corrected chi connectivity index (χ0v) is 14.8. The zero-order chi connectivity index (χ0) is 16.7. The summed E-state index contributed by atoms with van der Waals surface area (Å²) in [6, 6.07) is 3.47. The van der Waals surface area contributed by atoms with Crippen molar-refractivity contribution >= 4 is 46.5 Å². The van der Waals surface area contributed by atoms with Gasteiger partial charge in [-0.2, -0.15) is 5.06 Å². The molecule has 0 unspecified atom stereocenters. The minimum absolute atomic E-state index is 0.223. The van der Waals surface area contributed by atoms with Gasteiger partial charge in [0.05, 0.1) is 22.4 Å². The summed E-state index contributed by atoms with van der Waals surface area (Å²) in [5.74, 6) is -0.0349. The molecule has 3 heterocycles. The van der Waals surface area contributed by atoms with Gasteiger partial charge in [-0.25, -0.2) is 4.79 Å². The number of hydrogen-bond acceptors (Lipinski definition) is 5. The highest BCUT2D eigenvalue weighted by Crippen LogP contribution is 2.46. The molecule has 8 heteroatoms. The minimum atomic E-state index is -0.807. The van der Waals surface area contributed by atoms with Gasteiger partial charge in [0.1, 0.15) is 11.4 Å². The van der Waals surface area contributed by atoms with E-state index in [0.717, 1.165) is 0 Å². The summed E-state index contributed by atoms with van der Waals surface area (Å²) in [5.41, 5.74) is 0.416. The fourth-order valence-electron chi connectivity index (χ4n) is 2.42. The van der Waals surface area contributed by atoms with Gasteiger partial charge in [-0.05, 0) is 25.5 Å². The molecule has 0 aliphatic carbocycles. The summed E-state index contributed by atoms with van der Waals surface area (Å²) < 4.78 is 5.42. The second-order valence-electron chi connectivity index (χ2n) is 5.37. The molecule has 124 valence electrons. The number of alkyl halides is 3. The van der Waals surface area contributed by atoms with E-state index in [2.05, 4.69) is 4.98 Å². The molecule has 2 aliphatic rings. The Morgan fingerprint density at radius 2 is 2.22 bits per heavy atom. The maximum Gasteiger partial charge on any atom is 0.338 e. The Labute approximate surface area is 149 Å². The van der Waals surface area contributed by atoms with Gasteiger partial charge in [-0.3, -0.25) is 4.98 Å². The van der Waals surface area contributed by atoms with Gasteiger partial charge < -0.3 is 9.57 Å². The van der Waals surface area contributed by atoms with Crippen molar-refractivity contribution in [3.63, 3.8) is 0 Å². The molecule has 0 bridgehead atoms. The maximum atomic E-state index is 12.6. The summed E-state index contributed by atoms with van der Waals surface area (Å²) in [7, 11) is 0. The quantitative estimate of drug-likeness (QED) is 0.458. The SMILES string of the molecule is CC[C@H](C)OC(=O)C1=C2c3ncccc3ON2[C@H](Cl)[C@@H](Cl)[C@H]1Cl. The van der Waals surface area contributed by atoms with Crippen molar-refractivity contribution in [3.05, 3.63) is 29.6 Å². The molecule has 0 aromatic carbocycles. The number of rotatable bonds is 3. The molecule has 2 aliphatic heterocycles. The molecule has 0 saturated carbocycles. The normalized spacial score (nSPS) is 27.2. The molecule has 1 aromatic rings. The number of carbonyl (C=O) groups excluding carboxylic acids is 1. The first kappa shape index (κ1) is 16.7. The van der Waals surface area contributed by atoms with Crippen LogP contribution in [0.1, 0.15) is 26.0 Å². The number of carbonyl (C=O) groups is 1. The highest BCUT2D eigenvalue weighted by molar-refractivity contribution is 6.38. The molecule has 0 spiro atoms. The lowest BCUT2D eigenvalue weighted by Crippen LogP contribution is -2.47. The molecule has 1 aromatic heterocycles.